The van der Waals surface area contributed by atoms with Gasteiger partial charge >= 0.3 is 5.97 Å². The average molecular weight is 198 g/mol. The van der Waals surface area contributed by atoms with E-state index in [1.54, 1.807) is 6.92 Å². The number of carbonyl (C=O) groups excluding carboxylic acids is 2. The molecule has 0 saturated carbocycles. The molecule has 80 valence electrons. The zero-order valence-corrected chi connectivity index (χ0v) is 8.91. The molecule has 0 N–H and O–H groups in total. The Morgan fingerprint density at radius 1 is 1.14 bits per heavy atom. The van der Waals surface area contributed by atoms with Crippen molar-refractivity contribution in [2.75, 3.05) is 6.61 Å². The molecular formula is C11H18O3. The first-order valence-corrected chi connectivity index (χ1v) is 4.90. The lowest BCUT2D eigenvalue weighted by atomic mass is 10.2. The van der Waals surface area contributed by atoms with E-state index in [2.05, 4.69) is 0 Å². The second-order valence-corrected chi connectivity index (χ2v) is 3.19. The summed E-state index contributed by atoms with van der Waals surface area (Å²) in [5.74, 6) is -0.0138. The van der Waals surface area contributed by atoms with E-state index in [1.807, 2.05) is 12.2 Å². The van der Waals surface area contributed by atoms with Gasteiger partial charge in [0.15, 0.2) is 0 Å². The van der Waals surface area contributed by atoms with Crippen molar-refractivity contribution in [3.63, 3.8) is 0 Å². The maximum atomic E-state index is 10.6. The highest BCUT2D eigenvalue weighted by Gasteiger charge is 1.91. The standard InChI is InChI=1S/C11H18O3/c1-10(12)8-6-4-3-5-7-9-14-11(2)13/h3-4H,5-9H2,1-2H3. The van der Waals surface area contributed by atoms with Crippen LogP contribution in [0.2, 0.25) is 0 Å². The number of hydrogen-bond donors (Lipinski definition) is 0. The molecule has 0 aromatic heterocycles. The summed E-state index contributed by atoms with van der Waals surface area (Å²) in [6, 6.07) is 0. The minimum absolute atomic E-state index is 0.217. The quantitative estimate of drug-likeness (QED) is 0.358. The normalized spacial score (nSPS) is 10.4. The molecule has 0 aliphatic heterocycles. The largest absolute Gasteiger partial charge is 0.466 e. The topological polar surface area (TPSA) is 43.4 Å². The lowest BCUT2D eigenvalue weighted by Crippen LogP contribution is -1.99. The van der Waals surface area contributed by atoms with Crippen molar-refractivity contribution in [1.82, 2.24) is 0 Å². The molecule has 0 bridgehead atoms. The van der Waals surface area contributed by atoms with Crippen molar-refractivity contribution in [1.29, 1.82) is 0 Å². The van der Waals surface area contributed by atoms with Crippen molar-refractivity contribution >= 4 is 11.8 Å². The van der Waals surface area contributed by atoms with Crippen LogP contribution < -0.4 is 0 Å². The van der Waals surface area contributed by atoms with Gasteiger partial charge in [0.1, 0.15) is 5.78 Å². The van der Waals surface area contributed by atoms with E-state index >= 15 is 0 Å². The van der Waals surface area contributed by atoms with Crippen LogP contribution in [0.25, 0.3) is 0 Å². The van der Waals surface area contributed by atoms with Crippen LogP contribution in [0.15, 0.2) is 12.2 Å². The Morgan fingerprint density at radius 3 is 2.36 bits per heavy atom. The first kappa shape index (κ1) is 12.9. The summed E-state index contributed by atoms with van der Waals surface area (Å²) in [5.41, 5.74) is 0. The van der Waals surface area contributed by atoms with E-state index in [0.717, 1.165) is 19.3 Å². The summed E-state index contributed by atoms with van der Waals surface area (Å²) in [7, 11) is 0. The third-order valence-electron chi connectivity index (χ3n) is 1.65. The summed E-state index contributed by atoms with van der Waals surface area (Å²) >= 11 is 0. The smallest absolute Gasteiger partial charge is 0.302 e. The molecule has 0 rings (SSSR count). The fraction of sp³-hybridized carbons (Fsp3) is 0.636. The lowest BCUT2D eigenvalue weighted by Gasteiger charge is -1.97. The van der Waals surface area contributed by atoms with Gasteiger partial charge in [0.2, 0.25) is 0 Å². The maximum Gasteiger partial charge on any atom is 0.302 e. The number of esters is 1. The predicted octanol–water partition coefficient (Wildman–Crippen LogP) is 2.26. The number of hydrogen-bond acceptors (Lipinski definition) is 3. The SMILES string of the molecule is CC(=O)CCC=CCCCOC(C)=O. The van der Waals surface area contributed by atoms with Crippen LogP contribution in [0.5, 0.6) is 0 Å². The Balaban J connectivity index is 3.19. The van der Waals surface area contributed by atoms with E-state index in [9.17, 15) is 9.59 Å². The van der Waals surface area contributed by atoms with Crippen LogP contribution in [-0.4, -0.2) is 18.4 Å². The molecule has 0 amide bonds. The van der Waals surface area contributed by atoms with Gasteiger partial charge in [-0.05, 0) is 26.2 Å². The second kappa shape index (κ2) is 8.48. The molecule has 14 heavy (non-hydrogen) atoms. The van der Waals surface area contributed by atoms with Crippen LogP contribution in [0.1, 0.15) is 39.5 Å². The van der Waals surface area contributed by atoms with Gasteiger partial charge in [0.05, 0.1) is 6.61 Å². The van der Waals surface area contributed by atoms with Crippen molar-refractivity contribution < 1.29 is 14.3 Å². The van der Waals surface area contributed by atoms with Crippen molar-refractivity contribution in [2.24, 2.45) is 0 Å². The highest BCUT2D eigenvalue weighted by molar-refractivity contribution is 5.75. The van der Waals surface area contributed by atoms with E-state index in [0.29, 0.717) is 13.0 Å². The molecule has 0 atom stereocenters. The predicted molar refractivity (Wildman–Crippen MR) is 54.9 cm³/mol. The summed E-state index contributed by atoms with van der Waals surface area (Å²) in [5, 5.41) is 0. The van der Waals surface area contributed by atoms with Crippen LogP contribution in [-0.2, 0) is 14.3 Å². The van der Waals surface area contributed by atoms with Gasteiger partial charge in [-0.25, -0.2) is 0 Å². The number of allylic oxidation sites excluding steroid dienone is 2. The summed E-state index contributed by atoms with van der Waals surface area (Å²) in [6.45, 7) is 3.48. The van der Waals surface area contributed by atoms with Gasteiger partial charge in [-0.15, -0.1) is 0 Å². The minimum atomic E-state index is -0.231. The Hall–Kier alpha value is -1.12. The van der Waals surface area contributed by atoms with Gasteiger partial charge in [-0.1, -0.05) is 12.2 Å². The molecule has 0 aromatic carbocycles. The molecule has 0 aliphatic carbocycles. The average Bonchev–Trinajstić information content (AvgIpc) is 2.08. The molecule has 0 fully saturated rings. The molecular weight excluding hydrogens is 180 g/mol. The van der Waals surface area contributed by atoms with Gasteiger partial charge in [-0.2, -0.15) is 0 Å². The number of Topliss-reactive ketones (excluding diaryl/α,β-unsaturated/α-hetero) is 1. The second-order valence-electron chi connectivity index (χ2n) is 3.19. The summed E-state index contributed by atoms with van der Waals surface area (Å²) in [6.07, 6.45) is 7.17. The van der Waals surface area contributed by atoms with E-state index in [-0.39, 0.29) is 11.8 Å². The Bertz CT molecular complexity index is 207. The number of ether oxygens (including phenoxy) is 1. The molecule has 0 aromatic rings. The Labute approximate surface area is 85.1 Å². The fourth-order valence-electron chi connectivity index (χ4n) is 0.939. The molecule has 0 heterocycles. The zero-order valence-electron chi connectivity index (χ0n) is 8.91. The van der Waals surface area contributed by atoms with Crippen molar-refractivity contribution in [2.45, 2.75) is 39.5 Å². The third-order valence-corrected chi connectivity index (χ3v) is 1.65. The summed E-state index contributed by atoms with van der Waals surface area (Å²) < 4.78 is 4.76. The van der Waals surface area contributed by atoms with E-state index in [1.165, 1.54) is 6.92 Å². The van der Waals surface area contributed by atoms with Gasteiger partial charge in [-0.3, -0.25) is 4.79 Å². The Kier molecular flexibility index (Phi) is 7.80. The van der Waals surface area contributed by atoms with Crippen molar-refractivity contribution in [3.8, 4) is 0 Å². The highest BCUT2D eigenvalue weighted by atomic mass is 16.5. The monoisotopic (exact) mass is 198 g/mol. The molecule has 0 aliphatic rings. The van der Waals surface area contributed by atoms with Crippen LogP contribution in [0.3, 0.4) is 0 Å². The Morgan fingerprint density at radius 2 is 1.79 bits per heavy atom. The van der Waals surface area contributed by atoms with E-state index in [4.69, 9.17) is 4.74 Å². The number of rotatable bonds is 7. The molecule has 3 heteroatoms. The third kappa shape index (κ3) is 10.9. The molecule has 0 unspecified atom stereocenters. The molecule has 3 nitrogen and oxygen atoms in total. The zero-order chi connectivity index (χ0) is 10.8. The first-order chi connectivity index (χ1) is 6.63. The van der Waals surface area contributed by atoms with Crippen LogP contribution >= 0.6 is 0 Å². The lowest BCUT2D eigenvalue weighted by molar-refractivity contribution is -0.141. The highest BCUT2D eigenvalue weighted by Crippen LogP contribution is 1.96. The minimum Gasteiger partial charge on any atom is -0.466 e. The maximum absolute atomic E-state index is 10.6. The molecule has 0 saturated heterocycles. The number of carbonyl (C=O) groups is 2. The number of ketones is 1. The van der Waals surface area contributed by atoms with Gasteiger partial charge < -0.3 is 9.53 Å². The summed E-state index contributed by atoms with van der Waals surface area (Å²) in [4.78, 5) is 20.9. The van der Waals surface area contributed by atoms with Crippen LogP contribution in [0.4, 0.5) is 0 Å². The first-order valence-electron chi connectivity index (χ1n) is 4.90. The number of unbranched alkanes of at least 4 members (excludes halogenated alkanes) is 1. The van der Waals surface area contributed by atoms with Gasteiger partial charge in [0.25, 0.3) is 0 Å². The molecule has 0 radical (unpaired) electrons. The van der Waals surface area contributed by atoms with E-state index < -0.39 is 0 Å². The fourth-order valence-corrected chi connectivity index (χ4v) is 0.939. The van der Waals surface area contributed by atoms with Gasteiger partial charge in [0, 0.05) is 13.3 Å². The van der Waals surface area contributed by atoms with Crippen LogP contribution in [0, 0.1) is 0 Å². The van der Waals surface area contributed by atoms with Crippen molar-refractivity contribution in [3.05, 3.63) is 12.2 Å². The molecule has 0 spiro atoms.